The van der Waals surface area contributed by atoms with Crippen LogP contribution < -0.4 is 4.90 Å². The minimum atomic E-state index is -0.380. The van der Waals surface area contributed by atoms with Gasteiger partial charge in [0.1, 0.15) is 0 Å². The molecule has 2 aliphatic rings. The van der Waals surface area contributed by atoms with Crippen LogP contribution in [0, 0.1) is 0 Å². The Morgan fingerprint density at radius 1 is 1.16 bits per heavy atom. The van der Waals surface area contributed by atoms with Crippen molar-refractivity contribution in [1.29, 1.82) is 0 Å². The zero-order valence-electron chi connectivity index (χ0n) is 15.1. The number of nitrogens with zero attached hydrogens (tertiary/aromatic N) is 2. The van der Waals surface area contributed by atoms with Crippen LogP contribution in [0.1, 0.15) is 57.4 Å². The van der Waals surface area contributed by atoms with E-state index in [1.807, 2.05) is 24.3 Å². The molecule has 2 saturated heterocycles. The van der Waals surface area contributed by atoms with Gasteiger partial charge in [0.25, 0.3) is 5.91 Å². The Hall–Kier alpha value is -1.72. The Morgan fingerprint density at radius 3 is 2.52 bits per heavy atom. The fraction of sp³-hybridized carbons (Fsp3) is 0.600. The molecule has 0 bridgehead atoms. The highest BCUT2D eigenvalue weighted by molar-refractivity contribution is 6.22. The summed E-state index contributed by atoms with van der Waals surface area (Å²) in [7, 11) is 0. The molecule has 0 unspecified atom stereocenters. The van der Waals surface area contributed by atoms with E-state index in [1.165, 1.54) is 10.5 Å². The van der Waals surface area contributed by atoms with Gasteiger partial charge >= 0.3 is 0 Å². The quantitative estimate of drug-likeness (QED) is 0.834. The van der Waals surface area contributed by atoms with Crippen LogP contribution in [0.25, 0.3) is 0 Å². The third kappa shape index (κ3) is 3.62. The number of anilines is 1. The van der Waals surface area contributed by atoms with E-state index in [-0.39, 0.29) is 36.9 Å². The molecule has 0 saturated carbocycles. The van der Waals surface area contributed by atoms with Crippen LogP contribution in [-0.4, -0.2) is 47.1 Å². The molecule has 136 valence electrons. The molecule has 2 atom stereocenters. The number of piperidine rings is 1. The lowest BCUT2D eigenvalue weighted by Gasteiger charge is -2.38. The molecule has 1 aromatic rings. The second-order valence-corrected chi connectivity index (χ2v) is 7.43. The molecule has 0 spiro atoms. The normalized spacial score (nSPS) is 25.2. The van der Waals surface area contributed by atoms with Gasteiger partial charge in [-0.1, -0.05) is 32.4 Å². The predicted octanol–water partition coefficient (Wildman–Crippen LogP) is 2.68. The number of benzene rings is 1. The predicted molar refractivity (Wildman–Crippen MR) is 97.5 cm³/mol. The smallest absolute Gasteiger partial charge is 0.251 e. The molecule has 0 aromatic heterocycles. The monoisotopic (exact) mass is 344 g/mol. The van der Waals surface area contributed by atoms with E-state index in [9.17, 15) is 14.7 Å². The van der Waals surface area contributed by atoms with Gasteiger partial charge in [-0.25, -0.2) is 4.90 Å². The van der Waals surface area contributed by atoms with Crippen molar-refractivity contribution in [2.75, 3.05) is 18.1 Å². The van der Waals surface area contributed by atoms with Gasteiger partial charge in [0.2, 0.25) is 5.91 Å². The Kier molecular flexibility index (Phi) is 5.54. The first kappa shape index (κ1) is 18.1. The summed E-state index contributed by atoms with van der Waals surface area (Å²) in [6.45, 7) is 5.19. The van der Waals surface area contributed by atoms with Crippen molar-refractivity contribution in [3.05, 3.63) is 29.8 Å². The van der Waals surface area contributed by atoms with Crippen LogP contribution in [-0.2, 0) is 9.59 Å². The molecule has 5 nitrogen and oxygen atoms in total. The maximum atomic E-state index is 13.0. The molecule has 1 aromatic carbocycles. The molecule has 0 radical (unpaired) electrons. The number of likely N-dealkylation sites (tertiary alicyclic amines) is 1. The van der Waals surface area contributed by atoms with Gasteiger partial charge in [-0.05, 0) is 49.4 Å². The zero-order valence-corrected chi connectivity index (χ0v) is 15.1. The van der Waals surface area contributed by atoms with E-state index in [2.05, 4.69) is 18.7 Å². The molecular weight excluding hydrogens is 316 g/mol. The van der Waals surface area contributed by atoms with Crippen LogP contribution in [0.15, 0.2) is 24.3 Å². The van der Waals surface area contributed by atoms with Crippen molar-refractivity contribution in [2.24, 2.45) is 0 Å². The number of carbonyl (C=O) groups is 2. The minimum absolute atomic E-state index is 0.118. The summed E-state index contributed by atoms with van der Waals surface area (Å²) < 4.78 is 0. The van der Waals surface area contributed by atoms with Crippen LogP contribution in [0.4, 0.5) is 5.69 Å². The number of aliphatic hydroxyl groups excluding tert-OH is 1. The molecular formula is C20H28N2O3. The molecule has 0 aliphatic carbocycles. The number of rotatable bonds is 5. The summed E-state index contributed by atoms with van der Waals surface area (Å²) in [6, 6.07) is 7.54. The Morgan fingerprint density at radius 2 is 1.88 bits per heavy atom. The summed E-state index contributed by atoms with van der Waals surface area (Å²) in [5, 5.41) is 9.31. The van der Waals surface area contributed by atoms with Gasteiger partial charge < -0.3 is 5.11 Å². The SMILES string of the molecule is CC(C)c1ccc(N2C(=O)C[C@@H](N3CCCC[C@H]3CCO)C2=O)cc1. The Labute approximate surface area is 149 Å². The number of imide groups is 1. The second-order valence-electron chi connectivity index (χ2n) is 7.43. The first-order valence-electron chi connectivity index (χ1n) is 9.36. The average molecular weight is 344 g/mol. The summed E-state index contributed by atoms with van der Waals surface area (Å²) in [5.74, 6) is 0.173. The molecule has 2 fully saturated rings. The number of hydrogen-bond acceptors (Lipinski definition) is 4. The zero-order chi connectivity index (χ0) is 18.0. The Bertz CT molecular complexity index is 624. The van der Waals surface area contributed by atoms with Crippen molar-refractivity contribution in [3.8, 4) is 0 Å². The second kappa shape index (κ2) is 7.67. The molecule has 1 N–H and O–H groups in total. The van der Waals surface area contributed by atoms with Crippen LogP contribution >= 0.6 is 0 Å². The van der Waals surface area contributed by atoms with Crippen molar-refractivity contribution in [2.45, 2.75) is 64.0 Å². The van der Waals surface area contributed by atoms with Crippen LogP contribution in [0.5, 0.6) is 0 Å². The van der Waals surface area contributed by atoms with Gasteiger partial charge in [0.15, 0.2) is 0 Å². The van der Waals surface area contributed by atoms with E-state index in [0.717, 1.165) is 25.8 Å². The maximum Gasteiger partial charge on any atom is 0.251 e. The van der Waals surface area contributed by atoms with E-state index in [1.54, 1.807) is 0 Å². The third-order valence-electron chi connectivity index (χ3n) is 5.48. The third-order valence-corrected chi connectivity index (χ3v) is 5.48. The molecule has 2 heterocycles. The highest BCUT2D eigenvalue weighted by Gasteiger charge is 2.44. The first-order chi connectivity index (χ1) is 12.0. The molecule has 25 heavy (non-hydrogen) atoms. The van der Waals surface area contributed by atoms with Crippen molar-refractivity contribution in [1.82, 2.24) is 4.90 Å². The molecule has 5 heteroatoms. The number of aliphatic hydroxyl groups is 1. The van der Waals surface area contributed by atoms with Crippen LogP contribution in [0.2, 0.25) is 0 Å². The van der Waals surface area contributed by atoms with Gasteiger partial charge in [-0.2, -0.15) is 0 Å². The number of hydrogen-bond donors (Lipinski definition) is 1. The lowest BCUT2D eigenvalue weighted by molar-refractivity contribution is -0.123. The molecule has 2 amide bonds. The average Bonchev–Trinajstić information content (AvgIpc) is 2.90. The summed E-state index contributed by atoms with van der Waals surface area (Å²) >= 11 is 0. The molecule has 3 rings (SSSR count). The summed E-state index contributed by atoms with van der Waals surface area (Å²) in [5.41, 5.74) is 1.86. The Balaban J connectivity index is 1.79. The lowest BCUT2D eigenvalue weighted by Crippen LogP contribution is -2.50. The summed E-state index contributed by atoms with van der Waals surface area (Å²) in [6.07, 6.45) is 4.06. The van der Waals surface area contributed by atoms with Gasteiger partial charge in [-0.15, -0.1) is 0 Å². The molecule has 2 aliphatic heterocycles. The fourth-order valence-electron chi connectivity index (χ4n) is 4.05. The first-order valence-corrected chi connectivity index (χ1v) is 9.36. The van der Waals surface area contributed by atoms with Crippen molar-refractivity contribution in [3.63, 3.8) is 0 Å². The van der Waals surface area contributed by atoms with Crippen LogP contribution in [0.3, 0.4) is 0 Å². The van der Waals surface area contributed by atoms with Crippen molar-refractivity contribution < 1.29 is 14.7 Å². The standard InChI is InChI=1S/C20H28N2O3/c1-14(2)15-6-8-17(9-7-15)22-19(24)13-18(20(22)25)21-11-4-3-5-16(21)10-12-23/h6-9,14,16,18,23H,3-5,10-13H2,1-2H3/t16-,18+/m0/s1. The van der Waals surface area contributed by atoms with E-state index in [0.29, 0.717) is 18.0 Å². The fourth-order valence-corrected chi connectivity index (χ4v) is 4.05. The number of carbonyl (C=O) groups excluding carboxylic acids is 2. The minimum Gasteiger partial charge on any atom is -0.396 e. The van der Waals surface area contributed by atoms with Gasteiger partial charge in [0, 0.05) is 12.6 Å². The maximum absolute atomic E-state index is 13.0. The van der Waals surface area contributed by atoms with Gasteiger partial charge in [0.05, 0.1) is 18.2 Å². The van der Waals surface area contributed by atoms with Gasteiger partial charge in [-0.3, -0.25) is 14.5 Å². The summed E-state index contributed by atoms with van der Waals surface area (Å²) in [4.78, 5) is 29.0. The lowest BCUT2D eigenvalue weighted by atomic mass is 9.97. The number of amides is 2. The van der Waals surface area contributed by atoms with E-state index < -0.39 is 0 Å². The largest absolute Gasteiger partial charge is 0.396 e. The van der Waals surface area contributed by atoms with E-state index in [4.69, 9.17) is 0 Å². The van der Waals surface area contributed by atoms with Crippen molar-refractivity contribution >= 4 is 17.5 Å². The van der Waals surface area contributed by atoms with E-state index >= 15 is 0 Å². The highest BCUT2D eigenvalue weighted by atomic mass is 16.3. The topological polar surface area (TPSA) is 60.9 Å². The highest BCUT2D eigenvalue weighted by Crippen LogP contribution is 2.31.